The molecule has 1 saturated heterocycles. The van der Waals surface area contributed by atoms with Gasteiger partial charge in [0.2, 0.25) is 0 Å². The average Bonchev–Trinajstić information content (AvgIpc) is 2.83. The number of aromatic nitrogens is 2. The summed E-state index contributed by atoms with van der Waals surface area (Å²) in [7, 11) is 1.70. The Morgan fingerprint density at radius 3 is 2.29 bits per heavy atom. The lowest BCUT2D eigenvalue weighted by atomic mass is 10.0. The summed E-state index contributed by atoms with van der Waals surface area (Å²) in [5, 5.41) is 10.7. The number of ether oxygens (including phenoxy) is 1. The van der Waals surface area contributed by atoms with Crippen molar-refractivity contribution in [3.63, 3.8) is 0 Å². The molecule has 7 heteroatoms. The molecular formula is C24H25N5OS. The molecule has 3 aromatic rings. The van der Waals surface area contributed by atoms with E-state index in [1.54, 1.807) is 7.11 Å². The van der Waals surface area contributed by atoms with Gasteiger partial charge in [-0.05, 0) is 25.3 Å². The standard InChI is InChI=1S/C24H25N5OS/c1-17-8-10-18(11-9-17)22-19(16-25)23(27-24(26-22)31-3)29-14-12-28(13-15-29)20-6-4-5-7-21(20)30-2/h4-11H,12-15H2,1-3H3. The molecule has 2 aromatic carbocycles. The second kappa shape index (κ2) is 9.27. The zero-order chi connectivity index (χ0) is 21.8. The third kappa shape index (κ3) is 4.30. The topological polar surface area (TPSA) is 65.3 Å². The van der Waals surface area contributed by atoms with Gasteiger partial charge in [-0.15, -0.1) is 0 Å². The molecule has 0 saturated carbocycles. The van der Waals surface area contributed by atoms with Gasteiger partial charge in [0.25, 0.3) is 0 Å². The number of hydrogen-bond acceptors (Lipinski definition) is 7. The van der Waals surface area contributed by atoms with E-state index >= 15 is 0 Å². The van der Waals surface area contributed by atoms with Crippen LogP contribution in [-0.2, 0) is 0 Å². The number of thioether (sulfide) groups is 1. The first-order valence-electron chi connectivity index (χ1n) is 10.2. The van der Waals surface area contributed by atoms with Crippen LogP contribution in [0.25, 0.3) is 11.3 Å². The summed E-state index contributed by atoms with van der Waals surface area (Å²) in [5.74, 6) is 1.60. The fraction of sp³-hybridized carbons (Fsp3) is 0.292. The van der Waals surface area contributed by atoms with Crippen molar-refractivity contribution in [3.05, 3.63) is 59.7 Å². The molecule has 0 spiro atoms. The number of rotatable bonds is 5. The van der Waals surface area contributed by atoms with Crippen LogP contribution in [0.2, 0.25) is 0 Å². The van der Waals surface area contributed by atoms with Gasteiger partial charge in [0.15, 0.2) is 11.0 Å². The van der Waals surface area contributed by atoms with Crippen molar-refractivity contribution >= 4 is 23.3 Å². The number of nitriles is 1. The molecule has 0 N–H and O–H groups in total. The van der Waals surface area contributed by atoms with Gasteiger partial charge in [-0.1, -0.05) is 53.7 Å². The lowest BCUT2D eigenvalue weighted by molar-refractivity contribution is 0.413. The van der Waals surface area contributed by atoms with Crippen molar-refractivity contribution < 1.29 is 4.74 Å². The Labute approximate surface area is 187 Å². The Bertz CT molecular complexity index is 1100. The lowest BCUT2D eigenvalue weighted by Gasteiger charge is -2.37. The fourth-order valence-corrected chi connectivity index (χ4v) is 4.18. The van der Waals surface area contributed by atoms with Gasteiger partial charge < -0.3 is 14.5 Å². The first-order chi connectivity index (χ1) is 15.1. The normalized spacial score (nSPS) is 13.7. The third-order valence-electron chi connectivity index (χ3n) is 5.49. The van der Waals surface area contributed by atoms with Crippen LogP contribution in [-0.4, -0.2) is 49.5 Å². The van der Waals surface area contributed by atoms with Crippen LogP contribution in [0.4, 0.5) is 11.5 Å². The number of para-hydroxylation sites is 2. The highest BCUT2D eigenvalue weighted by atomic mass is 32.2. The Morgan fingerprint density at radius 1 is 0.968 bits per heavy atom. The largest absolute Gasteiger partial charge is 0.495 e. The van der Waals surface area contributed by atoms with Gasteiger partial charge in [-0.25, -0.2) is 9.97 Å². The van der Waals surface area contributed by atoms with E-state index < -0.39 is 0 Å². The molecular weight excluding hydrogens is 406 g/mol. The summed E-state index contributed by atoms with van der Waals surface area (Å²) in [6.07, 6.45) is 1.96. The van der Waals surface area contributed by atoms with E-state index in [9.17, 15) is 5.26 Å². The summed E-state index contributed by atoms with van der Waals surface area (Å²) in [6, 6.07) is 18.6. The number of hydrogen-bond donors (Lipinski definition) is 0. The maximum absolute atomic E-state index is 10.0. The van der Waals surface area contributed by atoms with Crippen LogP contribution < -0.4 is 14.5 Å². The van der Waals surface area contributed by atoms with Crippen LogP contribution in [0.3, 0.4) is 0 Å². The predicted octanol–water partition coefficient (Wildman–Crippen LogP) is 4.38. The van der Waals surface area contributed by atoms with Crippen LogP contribution >= 0.6 is 11.8 Å². The maximum atomic E-state index is 10.0. The van der Waals surface area contributed by atoms with Crippen LogP contribution in [0, 0.1) is 18.3 Å². The Morgan fingerprint density at radius 2 is 1.65 bits per heavy atom. The van der Waals surface area contributed by atoms with Crippen molar-refractivity contribution in [1.82, 2.24) is 9.97 Å². The average molecular weight is 432 g/mol. The second-order valence-electron chi connectivity index (χ2n) is 7.38. The number of anilines is 2. The second-order valence-corrected chi connectivity index (χ2v) is 8.15. The summed E-state index contributed by atoms with van der Waals surface area (Å²) >= 11 is 1.50. The van der Waals surface area contributed by atoms with Crippen LogP contribution in [0.1, 0.15) is 11.1 Å². The molecule has 1 aromatic heterocycles. The van der Waals surface area contributed by atoms with E-state index in [1.165, 1.54) is 17.3 Å². The molecule has 0 atom stereocenters. The van der Waals surface area contributed by atoms with Gasteiger partial charge in [0.1, 0.15) is 17.4 Å². The molecule has 1 aliphatic heterocycles. The highest BCUT2D eigenvalue weighted by Gasteiger charge is 2.25. The first kappa shape index (κ1) is 21.0. The van der Waals surface area contributed by atoms with E-state index in [4.69, 9.17) is 9.72 Å². The summed E-state index contributed by atoms with van der Waals surface area (Å²) < 4.78 is 5.53. The third-order valence-corrected chi connectivity index (χ3v) is 6.04. The Balaban J connectivity index is 1.65. The highest BCUT2D eigenvalue weighted by molar-refractivity contribution is 7.98. The summed E-state index contributed by atoms with van der Waals surface area (Å²) in [5.41, 5.74) is 4.44. The van der Waals surface area contributed by atoms with E-state index in [0.29, 0.717) is 16.4 Å². The minimum atomic E-state index is 0.535. The summed E-state index contributed by atoms with van der Waals surface area (Å²) in [6.45, 7) is 5.23. The Hall–Kier alpha value is -3.24. The minimum absolute atomic E-state index is 0.535. The molecule has 0 aliphatic carbocycles. The number of methoxy groups -OCH3 is 1. The van der Waals surface area contributed by atoms with Crippen molar-refractivity contribution in [2.45, 2.75) is 12.1 Å². The van der Waals surface area contributed by atoms with Crippen molar-refractivity contribution in [1.29, 1.82) is 5.26 Å². The van der Waals surface area contributed by atoms with Gasteiger partial charge >= 0.3 is 0 Å². The summed E-state index contributed by atoms with van der Waals surface area (Å²) in [4.78, 5) is 13.9. The van der Waals surface area contributed by atoms with Gasteiger partial charge in [0, 0.05) is 31.7 Å². The predicted molar refractivity (Wildman–Crippen MR) is 126 cm³/mol. The lowest BCUT2D eigenvalue weighted by Crippen LogP contribution is -2.47. The molecule has 0 unspecified atom stereocenters. The van der Waals surface area contributed by atoms with E-state index in [1.807, 2.05) is 48.7 Å². The highest BCUT2D eigenvalue weighted by Crippen LogP contribution is 2.33. The van der Waals surface area contributed by atoms with Crippen LogP contribution in [0.5, 0.6) is 5.75 Å². The fourth-order valence-electron chi connectivity index (χ4n) is 3.82. The molecule has 4 rings (SSSR count). The molecule has 0 radical (unpaired) electrons. The van der Waals surface area contributed by atoms with Crippen molar-refractivity contribution in [2.75, 3.05) is 49.3 Å². The molecule has 158 valence electrons. The first-order valence-corrected chi connectivity index (χ1v) is 11.4. The number of aryl methyl sites for hydroxylation is 1. The SMILES string of the molecule is COc1ccccc1N1CCN(c2nc(SC)nc(-c3ccc(C)cc3)c2C#N)CC1. The van der Waals surface area contributed by atoms with E-state index in [2.05, 4.69) is 33.8 Å². The molecule has 0 amide bonds. The zero-order valence-electron chi connectivity index (χ0n) is 18.0. The van der Waals surface area contributed by atoms with Gasteiger partial charge in [0.05, 0.1) is 18.5 Å². The molecule has 1 aliphatic rings. The molecule has 0 bridgehead atoms. The minimum Gasteiger partial charge on any atom is -0.495 e. The number of piperazine rings is 1. The van der Waals surface area contributed by atoms with Crippen molar-refractivity contribution in [3.8, 4) is 23.1 Å². The Kier molecular flexibility index (Phi) is 6.28. The van der Waals surface area contributed by atoms with Crippen molar-refractivity contribution in [2.24, 2.45) is 0 Å². The maximum Gasteiger partial charge on any atom is 0.189 e. The monoisotopic (exact) mass is 431 g/mol. The van der Waals surface area contributed by atoms with Gasteiger partial charge in [-0.2, -0.15) is 5.26 Å². The quantitative estimate of drug-likeness (QED) is 0.439. The van der Waals surface area contributed by atoms with Gasteiger partial charge in [-0.3, -0.25) is 0 Å². The zero-order valence-corrected chi connectivity index (χ0v) is 18.8. The molecule has 2 heterocycles. The molecule has 6 nitrogen and oxygen atoms in total. The smallest absolute Gasteiger partial charge is 0.189 e. The number of benzene rings is 2. The van der Waals surface area contributed by atoms with Crippen LogP contribution in [0.15, 0.2) is 53.7 Å². The van der Waals surface area contributed by atoms with E-state index in [-0.39, 0.29) is 0 Å². The molecule has 1 fully saturated rings. The number of nitrogens with zero attached hydrogens (tertiary/aromatic N) is 5. The van der Waals surface area contributed by atoms with E-state index in [0.717, 1.165) is 49.0 Å². The molecule has 31 heavy (non-hydrogen) atoms.